The van der Waals surface area contributed by atoms with Gasteiger partial charge >= 0.3 is 0 Å². The first-order valence-corrected chi connectivity index (χ1v) is 5.56. The van der Waals surface area contributed by atoms with Crippen LogP contribution >= 0.6 is 11.6 Å². The predicted molar refractivity (Wildman–Crippen MR) is 71.6 cm³/mol. The van der Waals surface area contributed by atoms with Crippen LogP contribution in [0.2, 0.25) is 5.15 Å². The highest BCUT2D eigenvalue weighted by Gasteiger charge is 2.06. The molecule has 0 saturated heterocycles. The molecule has 0 saturated carbocycles. The molecule has 0 aliphatic rings. The lowest BCUT2D eigenvalue weighted by atomic mass is 10.2. The molecule has 0 unspecified atom stereocenters. The van der Waals surface area contributed by atoms with Crippen molar-refractivity contribution < 1.29 is 4.79 Å². The van der Waals surface area contributed by atoms with E-state index in [1.165, 1.54) is 12.3 Å². The van der Waals surface area contributed by atoms with Crippen molar-refractivity contribution in [3.8, 4) is 12.3 Å². The van der Waals surface area contributed by atoms with E-state index in [0.717, 1.165) is 0 Å². The molecule has 0 fully saturated rings. The molecule has 0 bridgehead atoms. The zero-order chi connectivity index (χ0) is 13.0. The highest BCUT2D eigenvalue weighted by atomic mass is 35.5. The normalized spacial score (nSPS) is 9.56. The van der Waals surface area contributed by atoms with Gasteiger partial charge in [0.15, 0.2) is 0 Å². The molecule has 1 aromatic carbocycles. The SMILES string of the molecule is C#Cc1cccc(NC(=O)c2ccnc(Cl)c2)c1. The van der Waals surface area contributed by atoms with E-state index in [9.17, 15) is 4.79 Å². The summed E-state index contributed by atoms with van der Waals surface area (Å²) in [6, 6.07) is 10.2. The Hall–Kier alpha value is -2.31. The van der Waals surface area contributed by atoms with Crippen LogP contribution in [0.15, 0.2) is 42.6 Å². The summed E-state index contributed by atoms with van der Waals surface area (Å²) in [5, 5.41) is 3.02. The van der Waals surface area contributed by atoms with Crippen LogP contribution in [0.5, 0.6) is 0 Å². The molecule has 0 aliphatic heterocycles. The number of hydrogen-bond acceptors (Lipinski definition) is 2. The van der Waals surface area contributed by atoms with Gasteiger partial charge in [0, 0.05) is 23.0 Å². The Morgan fingerprint density at radius 3 is 2.89 bits per heavy atom. The third-order valence-electron chi connectivity index (χ3n) is 2.28. The number of aromatic nitrogens is 1. The van der Waals surface area contributed by atoms with Crippen molar-refractivity contribution >= 4 is 23.2 Å². The standard InChI is InChI=1S/C14H9ClN2O/c1-2-10-4-3-5-12(8-10)17-14(18)11-6-7-16-13(15)9-11/h1,3-9H,(H,17,18). The van der Waals surface area contributed by atoms with Gasteiger partial charge in [-0.25, -0.2) is 4.98 Å². The summed E-state index contributed by atoms with van der Waals surface area (Å²) in [5.74, 6) is 2.25. The number of nitrogens with zero attached hydrogens (tertiary/aromatic N) is 1. The smallest absolute Gasteiger partial charge is 0.255 e. The average Bonchev–Trinajstić information content (AvgIpc) is 2.39. The minimum absolute atomic E-state index is 0.256. The fourth-order valence-corrected chi connectivity index (χ4v) is 1.61. The Morgan fingerprint density at radius 2 is 2.17 bits per heavy atom. The maximum atomic E-state index is 11.9. The molecule has 0 aliphatic carbocycles. The van der Waals surface area contributed by atoms with Gasteiger partial charge in [-0.3, -0.25) is 4.79 Å². The Bertz CT molecular complexity index is 632. The number of nitrogens with one attached hydrogen (secondary N) is 1. The molecule has 1 N–H and O–H groups in total. The Balaban J connectivity index is 2.19. The van der Waals surface area contributed by atoms with Crippen molar-refractivity contribution in [3.63, 3.8) is 0 Å². The summed E-state index contributed by atoms with van der Waals surface area (Å²) >= 11 is 5.72. The summed E-state index contributed by atoms with van der Waals surface area (Å²) in [6.45, 7) is 0. The Morgan fingerprint density at radius 1 is 1.33 bits per heavy atom. The van der Waals surface area contributed by atoms with Gasteiger partial charge in [0.2, 0.25) is 0 Å². The molecule has 1 aromatic heterocycles. The van der Waals surface area contributed by atoms with Crippen LogP contribution in [0.4, 0.5) is 5.69 Å². The summed E-state index contributed by atoms with van der Waals surface area (Å²) < 4.78 is 0. The van der Waals surface area contributed by atoms with Crippen LogP contribution < -0.4 is 5.32 Å². The van der Waals surface area contributed by atoms with E-state index in [4.69, 9.17) is 18.0 Å². The molecule has 1 amide bonds. The van der Waals surface area contributed by atoms with Crippen LogP contribution in [0, 0.1) is 12.3 Å². The van der Waals surface area contributed by atoms with Crippen LogP contribution in [0.3, 0.4) is 0 Å². The van der Waals surface area contributed by atoms with E-state index < -0.39 is 0 Å². The van der Waals surface area contributed by atoms with Crippen LogP contribution in [0.1, 0.15) is 15.9 Å². The molecule has 1 heterocycles. The van der Waals surface area contributed by atoms with E-state index in [1.54, 1.807) is 30.3 Å². The third kappa shape index (κ3) is 2.88. The molecule has 0 atom stereocenters. The first-order valence-electron chi connectivity index (χ1n) is 5.18. The average molecular weight is 257 g/mol. The van der Waals surface area contributed by atoms with Gasteiger partial charge in [-0.05, 0) is 30.3 Å². The highest BCUT2D eigenvalue weighted by molar-refractivity contribution is 6.29. The fraction of sp³-hybridized carbons (Fsp3) is 0. The van der Waals surface area contributed by atoms with Crippen molar-refractivity contribution in [2.75, 3.05) is 5.32 Å². The number of amides is 1. The van der Waals surface area contributed by atoms with E-state index in [1.807, 2.05) is 0 Å². The molecular formula is C14H9ClN2O. The molecule has 88 valence electrons. The number of carbonyl (C=O) groups excluding carboxylic acids is 1. The molecule has 4 heteroatoms. The minimum Gasteiger partial charge on any atom is -0.322 e. The quantitative estimate of drug-likeness (QED) is 0.663. The van der Waals surface area contributed by atoms with Crippen molar-refractivity contribution in [1.82, 2.24) is 4.98 Å². The van der Waals surface area contributed by atoms with Crippen molar-refractivity contribution in [3.05, 3.63) is 58.9 Å². The van der Waals surface area contributed by atoms with Crippen molar-refractivity contribution in [1.29, 1.82) is 0 Å². The van der Waals surface area contributed by atoms with Gasteiger partial charge in [-0.2, -0.15) is 0 Å². The number of carbonyl (C=O) groups is 1. The van der Waals surface area contributed by atoms with Gasteiger partial charge in [0.05, 0.1) is 0 Å². The van der Waals surface area contributed by atoms with Crippen LogP contribution in [-0.2, 0) is 0 Å². The Labute approximate surface area is 110 Å². The number of halogens is 1. The summed E-state index contributed by atoms with van der Waals surface area (Å²) in [7, 11) is 0. The number of anilines is 1. The monoisotopic (exact) mass is 256 g/mol. The third-order valence-corrected chi connectivity index (χ3v) is 2.48. The van der Waals surface area contributed by atoms with E-state index in [2.05, 4.69) is 16.2 Å². The van der Waals surface area contributed by atoms with Gasteiger partial charge in [-0.15, -0.1) is 6.42 Å². The number of hydrogen-bond donors (Lipinski definition) is 1. The number of benzene rings is 1. The number of pyridine rings is 1. The minimum atomic E-state index is -0.256. The van der Waals surface area contributed by atoms with Crippen molar-refractivity contribution in [2.45, 2.75) is 0 Å². The predicted octanol–water partition coefficient (Wildman–Crippen LogP) is 2.97. The van der Waals surface area contributed by atoms with E-state index >= 15 is 0 Å². The fourth-order valence-electron chi connectivity index (χ4n) is 1.43. The molecule has 0 spiro atoms. The number of rotatable bonds is 2. The largest absolute Gasteiger partial charge is 0.322 e. The molecule has 2 aromatic rings. The second kappa shape index (κ2) is 5.35. The zero-order valence-electron chi connectivity index (χ0n) is 9.35. The molecule has 2 rings (SSSR count). The second-order valence-corrected chi connectivity index (χ2v) is 3.93. The lowest BCUT2D eigenvalue weighted by Crippen LogP contribution is -2.11. The highest BCUT2D eigenvalue weighted by Crippen LogP contribution is 2.13. The van der Waals surface area contributed by atoms with Crippen LogP contribution in [0.25, 0.3) is 0 Å². The van der Waals surface area contributed by atoms with Gasteiger partial charge in [0.1, 0.15) is 5.15 Å². The topological polar surface area (TPSA) is 42.0 Å². The van der Waals surface area contributed by atoms with Gasteiger partial charge < -0.3 is 5.32 Å². The maximum absolute atomic E-state index is 11.9. The van der Waals surface area contributed by atoms with E-state index in [0.29, 0.717) is 16.8 Å². The lowest BCUT2D eigenvalue weighted by molar-refractivity contribution is 0.102. The first-order chi connectivity index (χ1) is 8.69. The maximum Gasteiger partial charge on any atom is 0.255 e. The Kier molecular flexibility index (Phi) is 3.61. The lowest BCUT2D eigenvalue weighted by Gasteiger charge is -2.05. The van der Waals surface area contributed by atoms with Gasteiger partial charge in [0.25, 0.3) is 5.91 Å². The molecule has 3 nitrogen and oxygen atoms in total. The van der Waals surface area contributed by atoms with E-state index in [-0.39, 0.29) is 11.1 Å². The molecule has 18 heavy (non-hydrogen) atoms. The van der Waals surface area contributed by atoms with Crippen LogP contribution in [-0.4, -0.2) is 10.9 Å². The zero-order valence-corrected chi connectivity index (χ0v) is 10.1. The summed E-state index contributed by atoms with van der Waals surface area (Å²) in [5.41, 5.74) is 1.80. The van der Waals surface area contributed by atoms with Crippen molar-refractivity contribution in [2.24, 2.45) is 0 Å². The number of terminal acetylenes is 1. The second-order valence-electron chi connectivity index (χ2n) is 3.55. The summed E-state index contributed by atoms with van der Waals surface area (Å²) in [6.07, 6.45) is 6.77. The molecule has 0 radical (unpaired) electrons. The first kappa shape index (κ1) is 12.2. The molecular weight excluding hydrogens is 248 g/mol. The summed E-state index contributed by atoms with van der Waals surface area (Å²) in [4.78, 5) is 15.7. The van der Waals surface area contributed by atoms with Gasteiger partial charge in [-0.1, -0.05) is 23.6 Å².